The summed E-state index contributed by atoms with van der Waals surface area (Å²) in [6, 6.07) is 14.7. The fraction of sp³-hybridized carbons (Fsp3) is 0.0952. The molecule has 0 spiro atoms. The second kappa shape index (κ2) is 8.06. The van der Waals surface area contributed by atoms with E-state index < -0.39 is 0 Å². The van der Waals surface area contributed by atoms with Crippen LogP contribution < -0.4 is 15.6 Å². The molecule has 0 fully saturated rings. The number of fused-ring (bicyclic) bond motifs is 1. The molecule has 4 rings (SSSR count). The number of anilines is 1. The van der Waals surface area contributed by atoms with Crippen molar-refractivity contribution in [2.45, 2.75) is 6.54 Å². The molecule has 0 aliphatic carbocycles. The number of methoxy groups -OCH3 is 1. The zero-order valence-corrected chi connectivity index (χ0v) is 17.0. The summed E-state index contributed by atoms with van der Waals surface area (Å²) in [5, 5.41) is 5.03. The van der Waals surface area contributed by atoms with Gasteiger partial charge < -0.3 is 10.1 Å². The van der Waals surface area contributed by atoms with Gasteiger partial charge in [0, 0.05) is 16.6 Å². The van der Waals surface area contributed by atoms with E-state index in [0.29, 0.717) is 26.7 Å². The number of benzene rings is 2. The fourth-order valence-corrected chi connectivity index (χ4v) is 4.21. The van der Waals surface area contributed by atoms with Gasteiger partial charge in [0.2, 0.25) is 5.91 Å². The first-order valence-corrected chi connectivity index (χ1v) is 9.98. The number of hydrogen-bond donors (Lipinski definition) is 1. The fourth-order valence-electron chi connectivity index (χ4n) is 2.98. The summed E-state index contributed by atoms with van der Waals surface area (Å²) in [6.07, 6.45) is 1.41. The van der Waals surface area contributed by atoms with Crippen LogP contribution in [0.3, 0.4) is 0 Å². The summed E-state index contributed by atoms with van der Waals surface area (Å²) in [7, 11) is 1.52. The van der Waals surface area contributed by atoms with E-state index in [-0.39, 0.29) is 18.0 Å². The van der Waals surface area contributed by atoms with Crippen LogP contribution in [0.4, 0.5) is 5.69 Å². The molecule has 0 bridgehead atoms. The number of nitrogens with one attached hydrogen (secondary N) is 1. The van der Waals surface area contributed by atoms with Crippen LogP contribution in [-0.2, 0) is 11.3 Å². The highest BCUT2D eigenvalue weighted by Crippen LogP contribution is 2.30. The first-order valence-electron chi connectivity index (χ1n) is 8.72. The standard InChI is InChI=1S/C21H16ClN3O3S/c1-28-17-8-7-14(9-16(17)22)24-18(26)10-25-12-23-19-15(11-29-20(19)21(25)27)13-5-3-2-4-6-13/h2-9,11-12H,10H2,1H3,(H,24,26). The number of halogens is 1. The molecule has 29 heavy (non-hydrogen) atoms. The molecule has 0 saturated carbocycles. The lowest BCUT2D eigenvalue weighted by atomic mass is 10.1. The Morgan fingerprint density at radius 2 is 2.03 bits per heavy atom. The van der Waals surface area contributed by atoms with Gasteiger partial charge in [0.15, 0.2) is 0 Å². The Labute approximate surface area is 175 Å². The van der Waals surface area contributed by atoms with Crippen LogP contribution in [-0.4, -0.2) is 22.6 Å². The number of carbonyl (C=O) groups excluding carboxylic acids is 1. The summed E-state index contributed by atoms with van der Waals surface area (Å²) < 4.78 is 6.91. The quantitative estimate of drug-likeness (QED) is 0.513. The second-order valence-electron chi connectivity index (χ2n) is 6.27. The number of amides is 1. The summed E-state index contributed by atoms with van der Waals surface area (Å²) in [4.78, 5) is 29.6. The number of carbonyl (C=O) groups is 1. The molecule has 0 saturated heterocycles. The van der Waals surface area contributed by atoms with E-state index in [1.807, 2.05) is 35.7 Å². The topological polar surface area (TPSA) is 73.2 Å². The minimum Gasteiger partial charge on any atom is -0.495 e. The van der Waals surface area contributed by atoms with Crippen LogP contribution in [0, 0.1) is 0 Å². The molecular formula is C21H16ClN3O3S. The van der Waals surface area contributed by atoms with Crippen molar-refractivity contribution in [1.82, 2.24) is 9.55 Å². The van der Waals surface area contributed by atoms with Crippen molar-refractivity contribution in [3.63, 3.8) is 0 Å². The third-order valence-electron chi connectivity index (χ3n) is 4.38. The minimum atomic E-state index is -0.352. The molecule has 0 aliphatic heterocycles. The van der Waals surface area contributed by atoms with Crippen LogP contribution >= 0.6 is 22.9 Å². The summed E-state index contributed by atoms with van der Waals surface area (Å²) in [6.45, 7) is -0.149. The van der Waals surface area contributed by atoms with E-state index in [4.69, 9.17) is 16.3 Å². The van der Waals surface area contributed by atoms with E-state index in [2.05, 4.69) is 10.3 Å². The van der Waals surface area contributed by atoms with Crippen LogP contribution in [0.5, 0.6) is 5.75 Å². The van der Waals surface area contributed by atoms with Gasteiger partial charge in [-0.15, -0.1) is 11.3 Å². The molecule has 0 radical (unpaired) electrons. The van der Waals surface area contributed by atoms with Gasteiger partial charge in [-0.3, -0.25) is 14.2 Å². The first-order chi connectivity index (χ1) is 14.1. The van der Waals surface area contributed by atoms with Crippen molar-refractivity contribution in [1.29, 1.82) is 0 Å². The zero-order chi connectivity index (χ0) is 20.4. The monoisotopic (exact) mass is 425 g/mol. The number of aromatic nitrogens is 2. The van der Waals surface area contributed by atoms with E-state index in [0.717, 1.165) is 11.1 Å². The average molecular weight is 426 g/mol. The van der Waals surface area contributed by atoms with Gasteiger partial charge in [-0.05, 0) is 23.8 Å². The molecule has 0 aliphatic rings. The highest BCUT2D eigenvalue weighted by atomic mass is 35.5. The van der Waals surface area contributed by atoms with E-state index in [1.54, 1.807) is 18.2 Å². The highest BCUT2D eigenvalue weighted by Gasteiger charge is 2.14. The predicted octanol–water partition coefficient (Wildman–Crippen LogP) is 4.43. The number of ether oxygens (including phenoxy) is 1. The molecule has 6 nitrogen and oxygen atoms in total. The lowest BCUT2D eigenvalue weighted by molar-refractivity contribution is -0.116. The molecule has 0 unspecified atom stereocenters. The van der Waals surface area contributed by atoms with Crippen molar-refractivity contribution in [3.05, 3.63) is 75.6 Å². The molecule has 2 aromatic carbocycles. The SMILES string of the molecule is COc1ccc(NC(=O)Cn2cnc3c(-c4ccccc4)csc3c2=O)cc1Cl. The van der Waals surface area contributed by atoms with Gasteiger partial charge >= 0.3 is 0 Å². The van der Waals surface area contributed by atoms with Crippen molar-refractivity contribution < 1.29 is 9.53 Å². The number of rotatable bonds is 5. The highest BCUT2D eigenvalue weighted by molar-refractivity contribution is 7.17. The molecule has 0 atom stereocenters. The third-order valence-corrected chi connectivity index (χ3v) is 5.63. The Balaban J connectivity index is 1.57. The van der Waals surface area contributed by atoms with Crippen LogP contribution in [0.2, 0.25) is 5.02 Å². The summed E-state index contributed by atoms with van der Waals surface area (Å²) in [5.74, 6) is 0.164. The Morgan fingerprint density at radius 3 is 2.76 bits per heavy atom. The smallest absolute Gasteiger partial charge is 0.271 e. The predicted molar refractivity (Wildman–Crippen MR) is 116 cm³/mol. The van der Waals surface area contributed by atoms with Crippen molar-refractivity contribution in [2.75, 3.05) is 12.4 Å². The Morgan fingerprint density at radius 1 is 1.24 bits per heavy atom. The molecule has 1 N–H and O–H groups in total. The largest absolute Gasteiger partial charge is 0.495 e. The number of nitrogens with zero attached hydrogens (tertiary/aromatic N) is 2. The van der Waals surface area contributed by atoms with Gasteiger partial charge in [-0.1, -0.05) is 41.9 Å². The maximum atomic E-state index is 12.8. The van der Waals surface area contributed by atoms with Gasteiger partial charge in [0.1, 0.15) is 17.0 Å². The zero-order valence-electron chi connectivity index (χ0n) is 15.4. The lowest BCUT2D eigenvalue weighted by Gasteiger charge is -2.09. The third kappa shape index (κ3) is 3.87. The molecule has 2 heterocycles. The average Bonchev–Trinajstić information content (AvgIpc) is 3.16. The Kier molecular flexibility index (Phi) is 5.33. The van der Waals surface area contributed by atoms with Crippen molar-refractivity contribution >= 4 is 44.7 Å². The first kappa shape index (κ1) is 19.2. The molecule has 8 heteroatoms. The normalized spacial score (nSPS) is 10.8. The van der Waals surface area contributed by atoms with Gasteiger partial charge in [-0.2, -0.15) is 0 Å². The van der Waals surface area contributed by atoms with Gasteiger partial charge in [0.25, 0.3) is 5.56 Å². The van der Waals surface area contributed by atoms with E-state index in [9.17, 15) is 9.59 Å². The van der Waals surface area contributed by atoms with Crippen LogP contribution in [0.1, 0.15) is 0 Å². The summed E-state index contributed by atoms with van der Waals surface area (Å²) in [5.41, 5.74) is 2.82. The number of thiophene rings is 1. The number of hydrogen-bond acceptors (Lipinski definition) is 5. The lowest BCUT2D eigenvalue weighted by Crippen LogP contribution is -2.27. The van der Waals surface area contributed by atoms with Crippen LogP contribution in [0.25, 0.3) is 21.3 Å². The maximum absolute atomic E-state index is 12.8. The second-order valence-corrected chi connectivity index (χ2v) is 7.56. The minimum absolute atomic E-state index is 0.149. The summed E-state index contributed by atoms with van der Waals surface area (Å²) >= 11 is 7.40. The van der Waals surface area contributed by atoms with E-state index in [1.165, 1.54) is 29.3 Å². The van der Waals surface area contributed by atoms with Gasteiger partial charge in [-0.25, -0.2) is 4.98 Å². The van der Waals surface area contributed by atoms with Crippen molar-refractivity contribution in [2.24, 2.45) is 0 Å². The molecule has 4 aromatic rings. The molecule has 146 valence electrons. The van der Waals surface area contributed by atoms with Crippen molar-refractivity contribution in [3.8, 4) is 16.9 Å². The van der Waals surface area contributed by atoms with Gasteiger partial charge in [0.05, 0.1) is 24.0 Å². The van der Waals surface area contributed by atoms with Crippen LogP contribution in [0.15, 0.2) is 65.0 Å². The Bertz CT molecular complexity index is 1250. The molecule has 2 aromatic heterocycles. The molecule has 1 amide bonds. The maximum Gasteiger partial charge on any atom is 0.271 e. The van der Waals surface area contributed by atoms with E-state index >= 15 is 0 Å². The Hall–Kier alpha value is -3.16. The molecular weight excluding hydrogens is 410 g/mol.